The van der Waals surface area contributed by atoms with Gasteiger partial charge in [-0.05, 0) is 67.6 Å². The van der Waals surface area contributed by atoms with Gasteiger partial charge in [-0.2, -0.15) is 4.31 Å². The Kier molecular flexibility index (Phi) is 6.90. The minimum Gasteiger partial charge on any atom is -0.497 e. The summed E-state index contributed by atoms with van der Waals surface area (Å²) in [6.07, 6.45) is 0. The van der Waals surface area contributed by atoms with Crippen LogP contribution in [-0.2, 0) is 10.0 Å². The van der Waals surface area contributed by atoms with Crippen molar-refractivity contribution < 1.29 is 17.9 Å². The molecular formula is C26H27N3O5S. The van der Waals surface area contributed by atoms with Crippen LogP contribution in [0.2, 0.25) is 0 Å². The SMILES string of the molecule is CCN(C(C)c1nc2ccccc2c(=O)n1-c1ccc(OC)cc1)S(=O)(=O)c1ccc(OC)cc1. The fraction of sp³-hybridized carbons (Fsp3) is 0.231. The third-order valence-electron chi connectivity index (χ3n) is 5.92. The number of rotatable bonds is 8. The second-order valence-electron chi connectivity index (χ2n) is 7.89. The van der Waals surface area contributed by atoms with Gasteiger partial charge in [0.1, 0.15) is 17.3 Å². The Hall–Kier alpha value is -3.69. The summed E-state index contributed by atoms with van der Waals surface area (Å²) in [4.78, 5) is 18.5. The van der Waals surface area contributed by atoms with Crippen LogP contribution in [0.15, 0.2) is 82.5 Å². The van der Waals surface area contributed by atoms with Crippen LogP contribution < -0.4 is 15.0 Å². The van der Waals surface area contributed by atoms with Crippen molar-refractivity contribution in [2.75, 3.05) is 20.8 Å². The summed E-state index contributed by atoms with van der Waals surface area (Å²) in [6.45, 7) is 3.68. The van der Waals surface area contributed by atoms with E-state index in [4.69, 9.17) is 14.5 Å². The third-order valence-corrected chi connectivity index (χ3v) is 7.98. The van der Waals surface area contributed by atoms with Gasteiger partial charge in [0, 0.05) is 6.54 Å². The molecule has 0 aliphatic rings. The third kappa shape index (κ3) is 4.52. The van der Waals surface area contributed by atoms with E-state index in [0.29, 0.717) is 33.9 Å². The largest absolute Gasteiger partial charge is 0.497 e. The molecule has 3 aromatic carbocycles. The Morgan fingerprint density at radius 1 is 0.914 bits per heavy atom. The molecule has 0 N–H and O–H groups in total. The number of para-hydroxylation sites is 1. The highest BCUT2D eigenvalue weighted by molar-refractivity contribution is 7.89. The number of hydrogen-bond acceptors (Lipinski definition) is 6. The topological polar surface area (TPSA) is 90.7 Å². The van der Waals surface area contributed by atoms with E-state index in [9.17, 15) is 13.2 Å². The van der Waals surface area contributed by atoms with Crippen molar-refractivity contribution in [2.24, 2.45) is 0 Å². The molecule has 182 valence electrons. The van der Waals surface area contributed by atoms with E-state index in [-0.39, 0.29) is 17.0 Å². The first-order valence-corrected chi connectivity index (χ1v) is 12.6. The van der Waals surface area contributed by atoms with Gasteiger partial charge in [0.05, 0.1) is 41.7 Å². The van der Waals surface area contributed by atoms with Crippen LogP contribution in [0.5, 0.6) is 11.5 Å². The normalized spacial score (nSPS) is 12.6. The van der Waals surface area contributed by atoms with Gasteiger partial charge in [0.2, 0.25) is 10.0 Å². The second-order valence-corrected chi connectivity index (χ2v) is 9.78. The minimum atomic E-state index is -3.90. The van der Waals surface area contributed by atoms with E-state index >= 15 is 0 Å². The van der Waals surface area contributed by atoms with Crippen LogP contribution >= 0.6 is 0 Å². The van der Waals surface area contributed by atoms with E-state index in [0.717, 1.165) is 0 Å². The Labute approximate surface area is 204 Å². The molecule has 0 radical (unpaired) electrons. The van der Waals surface area contributed by atoms with E-state index in [2.05, 4.69) is 0 Å². The summed E-state index contributed by atoms with van der Waals surface area (Å²) in [6, 6.07) is 19.5. The van der Waals surface area contributed by atoms with Crippen molar-refractivity contribution in [1.82, 2.24) is 13.9 Å². The first kappa shape index (κ1) is 24.4. The average Bonchev–Trinajstić information content (AvgIpc) is 2.89. The number of sulfonamides is 1. The summed E-state index contributed by atoms with van der Waals surface area (Å²) < 4.78 is 40.4. The van der Waals surface area contributed by atoms with E-state index in [1.54, 1.807) is 81.6 Å². The Morgan fingerprint density at radius 3 is 2.06 bits per heavy atom. The van der Waals surface area contributed by atoms with Crippen LogP contribution in [0.4, 0.5) is 0 Å². The highest BCUT2D eigenvalue weighted by atomic mass is 32.2. The number of benzene rings is 3. The number of hydrogen-bond donors (Lipinski definition) is 0. The molecule has 0 aliphatic carbocycles. The second kappa shape index (κ2) is 9.89. The monoisotopic (exact) mass is 493 g/mol. The lowest BCUT2D eigenvalue weighted by Crippen LogP contribution is -2.37. The summed E-state index contributed by atoms with van der Waals surface area (Å²) in [5, 5.41) is 0.445. The van der Waals surface area contributed by atoms with Crippen molar-refractivity contribution in [3.63, 3.8) is 0 Å². The molecule has 35 heavy (non-hydrogen) atoms. The molecule has 0 bridgehead atoms. The zero-order valence-electron chi connectivity index (χ0n) is 20.0. The Morgan fingerprint density at radius 2 is 1.49 bits per heavy atom. The summed E-state index contributed by atoms with van der Waals surface area (Å²) in [5.74, 6) is 1.52. The van der Waals surface area contributed by atoms with Crippen LogP contribution in [-0.4, -0.2) is 43.0 Å². The molecule has 8 nitrogen and oxygen atoms in total. The molecule has 1 atom stereocenters. The summed E-state index contributed by atoms with van der Waals surface area (Å²) in [7, 11) is -0.810. The zero-order chi connectivity index (χ0) is 25.2. The predicted molar refractivity (Wildman–Crippen MR) is 135 cm³/mol. The van der Waals surface area contributed by atoms with Gasteiger partial charge in [-0.25, -0.2) is 13.4 Å². The maximum Gasteiger partial charge on any atom is 0.266 e. The summed E-state index contributed by atoms with van der Waals surface area (Å²) in [5.41, 5.74) is 0.788. The molecule has 0 saturated carbocycles. The van der Waals surface area contributed by atoms with Crippen molar-refractivity contribution in [3.8, 4) is 17.2 Å². The highest BCUT2D eigenvalue weighted by Crippen LogP contribution is 2.29. The molecule has 1 unspecified atom stereocenters. The molecule has 0 spiro atoms. The van der Waals surface area contributed by atoms with Crippen molar-refractivity contribution in [3.05, 3.63) is 89.0 Å². The smallest absolute Gasteiger partial charge is 0.266 e. The standard InChI is InChI=1S/C26H27N3O5S/c1-5-28(35(31,32)22-16-14-21(34-4)15-17-22)18(2)25-27-24-9-7-6-8-23(24)26(30)29(25)19-10-12-20(33-3)13-11-19/h6-18H,5H2,1-4H3. The van der Waals surface area contributed by atoms with E-state index < -0.39 is 16.1 Å². The molecule has 1 heterocycles. The first-order chi connectivity index (χ1) is 16.8. The quantitative estimate of drug-likeness (QED) is 0.366. The lowest BCUT2D eigenvalue weighted by molar-refractivity contribution is 0.340. The molecule has 1 aromatic heterocycles. The number of fused-ring (bicyclic) bond motifs is 1. The van der Waals surface area contributed by atoms with Crippen molar-refractivity contribution >= 4 is 20.9 Å². The lowest BCUT2D eigenvalue weighted by Gasteiger charge is -2.28. The molecule has 0 saturated heterocycles. The maximum absolute atomic E-state index is 13.6. The lowest BCUT2D eigenvalue weighted by atomic mass is 10.2. The molecule has 0 aliphatic heterocycles. The number of aromatic nitrogens is 2. The van der Waals surface area contributed by atoms with E-state index in [1.807, 2.05) is 0 Å². The maximum atomic E-state index is 13.6. The van der Waals surface area contributed by atoms with Crippen LogP contribution in [0.25, 0.3) is 16.6 Å². The molecule has 0 amide bonds. The van der Waals surface area contributed by atoms with Crippen LogP contribution in [0, 0.1) is 0 Å². The fourth-order valence-corrected chi connectivity index (χ4v) is 5.68. The first-order valence-electron chi connectivity index (χ1n) is 11.1. The van der Waals surface area contributed by atoms with Crippen molar-refractivity contribution in [1.29, 1.82) is 0 Å². The van der Waals surface area contributed by atoms with Gasteiger partial charge >= 0.3 is 0 Å². The van der Waals surface area contributed by atoms with Gasteiger partial charge in [-0.1, -0.05) is 19.1 Å². The zero-order valence-corrected chi connectivity index (χ0v) is 20.8. The Balaban J connectivity index is 1.90. The highest BCUT2D eigenvalue weighted by Gasteiger charge is 2.32. The van der Waals surface area contributed by atoms with Crippen LogP contribution in [0.1, 0.15) is 25.7 Å². The number of methoxy groups -OCH3 is 2. The molecule has 4 aromatic rings. The minimum absolute atomic E-state index is 0.131. The average molecular weight is 494 g/mol. The van der Waals surface area contributed by atoms with Crippen LogP contribution in [0.3, 0.4) is 0 Å². The van der Waals surface area contributed by atoms with Gasteiger partial charge in [-0.15, -0.1) is 0 Å². The van der Waals surface area contributed by atoms with Gasteiger partial charge in [-0.3, -0.25) is 9.36 Å². The number of ether oxygens (including phenoxy) is 2. The molecule has 0 fully saturated rings. The van der Waals surface area contributed by atoms with Gasteiger partial charge in [0.15, 0.2) is 0 Å². The number of nitrogens with zero attached hydrogens (tertiary/aromatic N) is 3. The molecule has 9 heteroatoms. The van der Waals surface area contributed by atoms with E-state index in [1.165, 1.54) is 28.1 Å². The predicted octanol–water partition coefficient (Wildman–Crippen LogP) is 4.17. The fourth-order valence-electron chi connectivity index (χ4n) is 4.07. The van der Waals surface area contributed by atoms with Crippen molar-refractivity contribution in [2.45, 2.75) is 24.8 Å². The Bertz CT molecular complexity index is 1500. The summed E-state index contributed by atoms with van der Waals surface area (Å²) >= 11 is 0. The van der Waals surface area contributed by atoms with Gasteiger partial charge in [0.25, 0.3) is 5.56 Å². The molecular weight excluding hydrogens is 466 g/mol. The van der Waals surface area contributed by atoms with Gasteiger partial charge < -0.3 is 9.47 Å². The molecule has 4 rings (SSSR count).